The number of cyclic esters (lactones) is 1. The first-order valence-corrected chi connectivity index (χ1v) is 12.6. The molecule has 1 N–H and O–H groups in total. The molecule has 2 aromatic heterocycles. The van der Waals surface area contributed by atoms with E-state index in [-0.39, 0.29) is 23.8 Å². The molecule has 0 aliphatic carbocycles. The molecule has 1 aromatic carbocycles. The highest BCUT2D eigenvalue weighted by atomic mass is 32.2. The van der Waals surface area contributed by atoms with E-state index in [9.17, 15) is 13.2 Å². The maximum atomic E-state index is 12.8. The van der Waals surface area contributed by atoms with Crippen molar-refractivity contribution in [2.45, 2.75) is 17.4 Å². The Labute approximate surface area is 202 Å². The monoisotopic (exact) mass is 500 g/mol. The number of benzene rings is 1. The topological polar surface area (TPSA) is 129 Å². The van der Waals surface area contributed by atoms with E-state index in [0.29, 0.717) is 48.8 Å². The van der Waals surface area contributed by atoms with E-state index in [4.69, 9.17) is 18.9 Å². The number of hydrogen-bond acceptors (Lipinski definition) is 9. The van der Waals surface area contributed by atoms with Crippen LogP contribution >= 0.6 is 0 Å². The Morgan fingerprint density at radius 1 is 1.17 bits per heavy atom. The highest BCUT2D eigenvalue weighted by Crippen LogP contribution is 2.36. The van der Waals surface area contributed by atoms with Gasteiger partial charge in [0.1, 0.15) is 24.2 Å². The van der Waals surface area contributed by atoms with Crippen molar-refractivity contribution in [2.75, 3.05) is 40.0 Å². The Hall–Kier alpha value is -3.64. The van der Waals surface area contributed by atoms with Gasteiger partial charge in [0.15, 0.2) is 11.5 Å². The third-order valence-electron chi connectivity index (χ3n) is 5.75. The molecule has 35 heavy (non-hydrogen) atoms. The van der Waals surface area contributed by atoms with Gasteiger partial charge in [-0.1, -0.05) is 6.07 Å². The Morgan fingerprint density at radius 2 is 2.03 bits per heavy atom. The molecule has 0 radical (unpaired) electrons. The molecule has 184 valence electrons. The number of rotatable bonds is 8. The van der Waals surface area contributed by atoms with Crippen LogP contribution in [0.4, 0.5) is 4.79 Å². The van der Waals surface area contributed by atoms with Crippen molar-refractivity contribution in [3.63, 3.8) is 0 Å². The van der Waals surface area contributed by atoms with E-state index in [0.717, 1.165) is 5.56 Å². The highest BCUT2D eigenvalue weighted by molar-refractivity contribution is 7.89. The number of nitrogens with one attached hydrogen (secondary N) is 1. The molecule has 1 atom stereocenters. The molecule has 3 aromatic rings. The smallest absolute Gasteiger partial charge is 0.410 e. The van der Waals surface area contributed by atoms with Gasteiger partial charge in [0.25, 0.3) is 0 Å². The SMILES string of the molecule is COc1ccc2nccc(C3CN(CCCNS(=O)(=O)c4cccc5c4OCCO5)C(=O)O3)c2n1. The Balaban J connectivity index is 1.21. The number of para-hydroxylation sites is 1. The number of hydrogen-bond donors (Lipinski definition) is 1. The van der Waals surface area contributed by atoms with Gasteiger partial charge in [0.05, 0.1) is 24.7 Å². The fourth-order valence-corrected chi connectivity index (χ4v) is 5.30. The maximum Gasteiger partial charge on any atom is 0.410 e. The molecule has 0 saturated carbocycles. The first-order chi connectivity index (χ1) is 17.0. The van der Waals surface area contributed by atoms with Gasteiger partial charge in [0.2, 0.25) is 15.9 Å². The molecule has 1 unspecified atom stereocenters. The average molecular weight is 501 g/mol. The van der Waals surface area contributed by atoms with Gasteiger partial charge >= 0.3 is 6.09 Å². The van der Waals surface area contributed by atoms with Gasteiger partial charge in [-0.3, -0.25) is 4.98 Å². The van der Waals surface area contributed by atoms with Crippen LogP contribution in [0.25, 0.3) is 11.0 Å². The summed E-state index contributed by atoms with van der Waals surface area (Å²) in [7, 11) is -2.28. The van der Waals surface area contributed by atoms with E-state index in [2.05, 4.69) is 14.7 Å². The fraction of sp³-hybridized carbons (Fsp3) is 0.348. The van der Waals surface area contributed by atoms with E-state index in [1.807, 2.05) is 0 Å². The number of carbonyl (C=O) groups is 1. The van der Waals surface area contributed by atoms with Gasteiger partial charge in [-0.2, -0.15) is 0 Å². The van der Waals surface area contributed by atoms with Crippen LogP contribution in [0.3, 0.4) is 0 Å². The zero-order valence-electron chi connectivity index (χ0n) is 19.0. The molecule has 4 heterocycles. The minimum atomic E-state index is -3.81. The maximum absolute atomic E-state index is 12.8. The molecular weight excluding hydrogens is 476 g/mol. The molecule has 1 saturated heterocycles. The van der Waals surface area contributed by atoms with Crippen LogP contribution < -0.4 is 18.9 Å². The van der Waals surface area contributed by atoms with Gasteiger partial charge < -0.3 is 23.8 Å². The second-order valence-electron chi connectivity index (χ2n) is 7.97. The minimum absolute atomic E-state index is 0.0304. The minimum Gasteiger partial charge on any atom is -0.486 e. The summed E-state index contributed by atoms with van der Waals surface area (Å²) < 4.78 is 49.9. The van der Waals surface area contributed by atoms with Crippen LogP contribution in [0.1, 0.15) is 18.1 Å². The van der Waals surface area contributed by atoms with Crippen LogP contribution in [0.2, 0.25) is 0 Å². The van der Waals surface area contributed by atoms with Gasteiger partial charge in [0, 0.05) is 30.9 Å². The summed E-state index contributed by atoms with van der Waals surface area (Å²) in [5, 5.41) is 0. The van der Waals surface area contributed by atoms with Crippen LogP contribution in [-0.2, 0) is 14.8 Å². The first-order valence-electron chi connectivity index (χ1n) is 11.1. The lowest BCUT2D eigenvalue weighted by molar-refractivity contribution is 0.133. The second-order valence-corrected chi connectivity index (χ2v) is 9.71. The molecule has 1 amide bonds. The number of amides is 1. The Morgan fingerprint density at radius 3 is 2.89 bits per heavy atom. The Kier molecular flexibility index (Phi) is 6.31. The number of fused-ring (bicyclic) bond motifs is 2. The summed E-state index contributed by atoms with van der Waals surface area (Å²) in [5.74, 6) is 1.06. The van der Waals surface area contributed by atoms with E-state index < -0.39 is 22.2 Å². The van der Waals surface area contributed by atoms with Crippen LogP contribution in [-0.4, -0.2) is 69.3 Å². The number of methoxy groups -OCH3 is 1. The summed E-state index contributed by atoms with van der Waals surface area (Å²) in [6.45, 7) is 1.44. The van der Waals surface area contributed by atoms with Crippen LogP contribution in [0.5, 0.6) is 17.4 Å². The second kappa shape index (κ2) is 9.55. The number of carbonyl (C=O) groups excluding carboxylic acids is 1. The summed E-state index contributed by atoms with van der Waals surface area (Å²) in [6.07, 6.45) is 1.07. The fourth-order valence-electron chi connectivity index (χ4n) is 4.07. The van der Waals surface area contributed by atoms with E-state index >= 15 is 0 Å². The molecule has 11 nitrogen and oxygen atoms in total. The number of sulfonamides is 1. The first kappa shape index (κ1) is 23.1. The third-order valence-corrected chi connectivity index (χ3v) is 7.23. The van der Waals surface area contributed by atoms with Crippen LogP contribution in [0.15, 0.2) is 47.5 Å². The molecule has 12 heteroatoms. The van der Waals surface area contributed by atoms with Crippen molar-refractivity contribution in [1.29, 1.82) is 0 Å². The lowest BCUT2D eigenvalue weighted by atomic mass is 10.1. The molecule has 1 fully saturated rings. The molecule has 5 rings (SSSR count). The molecule has 2 aliphatic rings. The Bertz CT molecular complexity index is 1370. The lowest BCUT2D eigenvalue weighted by Gasteiger charge is -2.21. The van der Waals surface area contributed by atoms with Gasteiger partial charge in [-0.25, -0.2) is 22.9 Å². The van der Waals surface area contributed by atoms with Crippen molar-refractivity contribution in [3.05, 3.63) is 48.2 Å². The average Bonchev–Trinajstić information content (AvgIpc) is 3.25. The number of pyridine rings is 2. The number of ether oxygens (including phenoxy) is 4. The highest BCUT2D eigenvalue weighted by Gasteiger charge is 2.33. The molecule has 0 bridgehead atoms. The van der Waals surface area contributed by atoms with Crippen molar-refractivity contribution >= 4 is 27.1 Å². The van der Waals surface area contributed by atoms with Crippen molar-refractivity contribution in [2.24, 2.45) is 0 Å². The van der Waals surface area contributed by atoms with Gasteiger partial charge in [-0.15, -0.1) is 0 Å². The standard InChI is InChI=1S/C23H24N4O7S/c1-31-20-7-6-16-21(26-20)15(8-10-24-16)18-14-27(23(28)34-18)11-3-9-25-35(29,30)19-5-2-4-17-22(19)33-13-12-32-17/h2,4-8,10,18,25H,3,9,11-14H2,1H3. The van der Waals surface area contributed by atoms with Crippen molar-refractivity contribution in [1.82, 2.24) is 19.6 Å². The lowest BCUT2D eigenvalue weighted by Crippen LogP contribution is -2.31. The van der Waals surface area contributed by atoms with Crippen molar-refractivity contribution in [3.8, 4) is 17.4 Å². The quantitative estimate of drug-likeness (QED) is 0.463. The third kappa shape index (κ3) is 4.66. The molecular formula is C23H24N4O7S. The summed E-state index contributed by atoms with van der Waals surface area (Å²) in [6, 6.07) is 10.0. The predicted octanol–water partition coefficient (Wildman–Crippen LogP) is 2.27. The van der Waals surface area contributed by atoms with Crippen molar-refractivity contribution < 1.29 is 32.2 Å². The van der Waals surface area contributed by atoms with Gasteiger partial charge in [-0.05, 0) is 30.7 Å². The zero-order valence-corrected chi connectivity index (χ0v) is 19.8. The van der Waals surface area contributed by atoms with E-state index in [1.54, 1.807) is 41.4 Å². The largest absolute Gasteiger partial charge is 0.486 e. The summed E-state index contributed by atoms with van der Waals surface area (Å²) in [4.78, 5) is 22.8. The van der Waals surface area contributed by atoms with Crippen LogP contribution in [0, 0.1) is 0 Å². The normalized spacial score (nSPS) is 17.5. The number of nitrogens with zero attached hydrogens (tertiary/aromatic N) is 3. The predicted molar refractivity (Wildman–Crippen MR) is 124 cm³/mol. The summed E-state index contributed by atoms with van der Waals surface area (Å²) >= 11 is 0. The summed E-state index contributed by atoms with van der Waals surface area (Å²) in [5.41, 5.74) is 2.02. The molecule has 0 spiro atoms. The van der Waals surface area contributed by atoms with E-state index in [1.165, 1.54) is 13.2 Å². The molecule has 2 aliphatic heterocycles. The number of aromatic nitrogens is 2. The zero-order chi connectivity index (χ0) is 24.4.